The van der Waals surface area contributed by atoms with Gasteiger partial charge in [0.2, 0.25) is 0 Å². The highest BCUT2D eigenvalue weighted by Gasteiger charge is 2.23. The molecule has 0 saturated heterocycles. The molecule has 0 atom stereocenters. The molecule has 1 heterocycles. The number of likely N-dealkylation sites (N-methyl/N-ethyl adjacent to an activating group) is 1. The van der Waals surface area contributed by atoms with Crippen LogP contribution in [0.15, 0.2) is 30.3 Å². The third kappa shape index (κ3) is 5.65. The summed E-state index contributed by atoms with van der Waals surface area (Å²) >= 11 is 13.8. The molecule has 3 aromatic rings. The minimum absolute atomic E-state index is 0. The molecule has 0 radical (unpaired) electrons. The smallest absolute Gasteiger partial charge is 0.260 e. The van der Waals surface area contributed by atoms with Crippen LogP contribution >= 0.6 is 46.9 Å². The Labute approximate surface area is 198 Å². The standard InChI is InChI=1S/C22H25Cl2N3OS.ClH/c1-5-26(6-2)7-8-27(21(28)16-11-17(23)13-18(24)12-16)22-25-19-10-14(3)9-15(4)20(19)29-22;/h9-13H,5-8H2,1-4H3;1H. The number of hydrogen-bond donors (Lipinski definition) is 0. The van der Waals surface area contributed by atoms with Crippen LogP contribution in [0.2, 0.25) is 10.0 Å². The summed E-state index contributed by atoms with van der Waals surface area (Å²) in [7, 11) is 0. The summed E-state index contributed by atoms with van der Waals surface area (Å²) in [6.07, 6.45) is 0. The van der Waals surface area contributed by atoms with Crippen molar-refractivity contribution in [2.45, 2.75) is 27.7 Å². The van der Waals surface area contributed by atoms with Gasteiger partial charge in [-0.3, -0.25) is 9.69 Å². The van der Waals surface area contributed by atoms with E-state index in [4.69, 9.17) is 28.2 Å². The Hall–Kier alpha value is -1.37. The lowest BCUT2D eigenvalue weighted by molar-refractivity contribution is 0.0984. The summed E-state index contributed by atoms with van der Waals surface area (Å²) in [6.45, 7) is 11.5. The fourth-order valence-corrected chi connectivity index (χ4v) is 4.94. The lowest BCUT2D eigenvalue weighted by Crippen LogP contribution is -2.38. The molecule has 8 heteroatoms. The Kier molecular flexibility index (Phi) is 8.95. The number of nitrogens with zero attached hydrogens (tertiary/aromatic N) is 3. The first-order valence-electron chi connectivity index (χ1n) is 9.70. The zero-order chi connectivity index (χ0) is 21.1. The summed E-state index contributed by atoms with van der Waals surface area (Å²) < 4.78 is 1.11. The van der Waals surface area contributed by atoms with Crippen molar-refractivity contribution in [1.82, 2.24) is 9.88 Å². The van der Waals surface area contributed by atoms with Crippen molar-refractivity contribution >= 4 is 68.2 Å². The first-order chi connectivity index (χ1) is 13.8. The number of carbonyl (C=O) groups excluding carboxylic acids is 1. The second-order valence-corrected chi connectivity index (χ2v) is 8.92. The number of hydrogen-bond acceptors (Lipinski definition) is 4. The molecule has 3 rings (SSSR count). The van der Waals surface area contributed by atoms with Crippen molar-refractivity contribution in [1.29, 1.82) is 0 Å². The van der Waals surface area contributed by atoms with Crippen LogP contribution in [0.1, 0.15) is 35.3 Å². The molecule has 0 unspecified atom stereocenters. The molecule has 1 aromatic heterocycles. The fraction of sp³-hybridized carbons (Fsp3) is 0.364. The van der Waals surface area contributed by atoms with E-state index >= 15 is 0 Å². The molecule has 2 aromatic carbocycles. The molecule has 0 aliphatic heterocycles. The van der Waals surface area contributed by atoms with Crippen LogP contribution in [-0.4, -0.2) is 42.0 Å². The lowest BCUT2D eigenvalue weighted by Gasteiger charge is -2.25. The van der Waals surface area contributed by atoms with E-state index in [9.17, 15) is 4.79 Å². The van der Waals surface area contributed by atoms with E-state index in [1.165, 1.54) is 5.56 Å². The highest BCUT2D eigenvalue weighted by atomic mass is 35.5. The van der Waals surface area contributed by atoms with E-state index in [0.29, 0.717) is 27.3 Å². The molecule has 0 bridgehead atoms. The average Bonchev–Trinajstić information content (AvgIpc) is 3.08. The maximum Gasteiger partial charge on any atom is 0.260 e. The Balaban J connectivity index is 0.00000320. The van der Waals surface area contributed by atoms with Crippen molar-refractivity contribution < 1.29 is 4.79 Å². The molecule has 1 amide bonds. The second-order valence-electron chi connectivity index (χ2n) is 7.07. The molecule has 0 N–H and O–H groups in total. The number of benzene rings is 2. The molecule has 0 aliphatic carbocycles. The van der Waals surface area contributed by atoms with Crippen molar-refractivity contribution in [3.63, 3.8) is 0 Å². The van der Waals surface area contributed by atoms with Gasteiger partial charge in [-0.05, 0) is 62.3 Å². The zero-order valence-corrected chi connectivity index (χ0v) is 20.7. The van der Waals surface area contributed by atoms with Crippen LogP contribution in [0.3, 0.4) is 0 Å². The van der Waals surface area contributed by atoms with Crippen LogP contribution in [-0.2, 0) is 0 Å². The molecular formula is C22H26Cl3N3OS. The number of rotatable bonds is 7. The summed E-state index contributed by atoms with van der Waals surface area (Å²) in [6, 6.07) is 9.14. The molecule has 0 aliphatic rings. The SMILES string of the molecule is CCN(CC)CCN(C(=O)c1cc(Cl)cc(Cl)c1)c1nc2cc(C)cc(C)c2s1.Cl. The van der Waals surface area contributed by atoms with E-state index in [2.05, 4.69) is 44.7 Å². The first-order valence-corrected chi connectivity index (χ1v) is 11.3. The largest absolute Gasteiger partial charge is 0.302 e. The Morgan fingerprint density at radius 3 is 2.23 bits per heavy atom. The summed E-state index contributed by atoms with van der Waals surface area (Å²) in [5, 5.41) is 1.59. The van der Waals surface area contributed by atoms with Crippen molar-refractivity contribution in [2.75, 3.05) is 31.1 Å². The number of thiazole rings is 1. The molecule has 0 spiro atoms. The highest BCUT2D eigenvalue weighted by molar-refractivity contribution is 7.22. The monoisotopic (exact) mass is 485 g/mol. The summed E-state index contributed by atoms with van der Waals surface area (Å²) in [5.41, 5.74) is 3.72. The predicted octanol–water partition coefficient (Wildman–Crippen LogP) is 6.63. The van der Waals surface area contributed by atoms with Gasteiger partial charge < -0.3 is 4.90 Å². The van der Waals surface area contributed by atoms with Gasteiger partial charge in [-0.25, -0.2) is 4.98 Å². The maximum atomic E-state index is 13.4. The molecule has 0 fully saturated rings. The maximum absolute atomic E-state index is 13.4. The van der Waals surface area contributed by atoms with Crippen LogP contribution in [0.5, 0.6) is 0 Å². The van der Waals surface area contributed by atoms with Gasteiger partial charge >= 0.3 is 0 Å². The average molecular weight is 487 g/mol. The predicted molar refractivity (Wildman–Crippen MR) is 132 cm³/mol. The van der Waals surface area contributed by atoms with Crippen LogP contribution in [0, 0.1) is 13.8 Å². The van der Waals surface area contributed by atoms with Gasteiger partial charge in [0.25, 0.3) is 5.91 Å². The minimum Gasteiger partial charge on any atom is -0.302 e. The van der Waals surface area contributed by atoms with E-state index < -0.39 is 0 Å². The molecular weight excluding hydrogens is 461 g/mol. The number of carbonyl (C=O) groups is 1. The van der Waals surface area contributed by atoms with Crippen LogP contribution in [0.4, 0.5) is 5.13 Å². The van der Waals surface area contributed by atoms with Crippen LogP contribution in [0.25, 0.3) is 10.2 Å². The first kappa shape index (κ1) is 24.9. The van der Waals surface area contributed by atoms with Gasteiger partial charge in [-0.1, -0.05) is 54.5 Å². The molecule has 0 saturated carbocycles. The normalized spacial score (nSPS) is 11.0. The van der Waals surface area contributed by atoms with Crippen molar-refractivity contribution in [3.05, 3.63) is 57.1 Å². The quantitative estimate of drug-likeness (QED) is 0.376. The Bertz CT molecular complexity index is 1010. The molecule has 30 heavy (non-hydrogen) atoms. The highest BCUT2D eigenvalue weighted by Crippen LogP contribution is 2.33. The summed E-state index contributed by atoms with van der Waals surface area (Å²) in [5.74, 6) is -0.144. The van der Waals surface area contributed by atoms with Gasteiger partial charge in [0, 0.05) is 28.7 Å². The Morgan fingerprint density at radius 1 is 1.00 bits per heavy atom. The van der Waals surface area contributed by atoms with Gasteiger partial charge in [-0.15, -0.1) is 12.4 Å². The number of halogens is 3. The molecule has 162 valence electrons. The lowest BCUT2D eigenvalue weighted by atomic mass is 10.1. The third-order valence-corrected chi connectivity index (χ3v) is 6.59. The minimum atomic E-state index is -0.144. The van der Waals surface area contributed by atoms with Crippen molar-refractivity contribution in [2.24, 2.45) is 0 Å². The van der Waals surface area contributed by atoms with E-state index in [0.717, 1.165) is 35.4 Å². The van der Waals surface area contributed by atoms with Gasteiger partial charge in [0.15, 0.2) is 5.13 Å². The van der Waals surface area contributed by atoms with Gasteiger partial charge in [-0.2, -0.15) is 0 Å². The summed E-state index contributed by atoms with van der Waals surface area (Å²) in [4.78, 5) is 22.3. The molecule has 4 nitrogen and oxygen atoms in total. The van der Waals surface area contributed by atoms with Crippen LogP contribution < -0.4 is 4.90 Å². The number of fused-ring (bicyclic) bond motifs is 1. The van der Waals surface area contributed by atoms with Gasteiger partial charge in [0.1, 0.15) is 0 Å². The fourth-order valence-electron chi connectivity index (χ4n) is 3.38. The van der Waals surface area contributed by atoms with E-state index in [1.54, 1.807) is 34.4 Å². The van der Waals surface area contributed by atoms with E-state index in [1.807, 2.05) is 0 Å². The number of aryl methyl sites for hydroxylation is 2. The van der Waals surface area contributed by atoms with E-state index in [-0.39, 0.29) is 18.3 Å². The third-order valence-electron chi connectivity index (χ3n) is 4.93. The number of aromatic nitrogens is 1. The number of anilines is 1. The van der Waals surface area contributed by atoms with Gasteiger partial charge in [0.05, 0.1) is 10.2 Å². The Morgan fingerprint density at radius 2 is 1.63 bits per heavy atom. The number of amides is 1. The topological polar surface area (TPSA) is 36.4 Å². The second kappa shape index (κ2) is 10.8. The zero-order valence-electron chi connectivity index (χ0n) is 17.5. The van der Waals surface area contributed by atoms with Crippen molar-refractivity contribution in [3.8, 4) is 0 Å².